The van der Waals surface area contributed by atoms with Crippen molar-refractivity contribution in [2.24, 2.45) is 0 Å². The van der Waals surface area contributed by atoms with Crippen LogP contribution < -0.4 is 0 Å². The van der Waals surface area contributed by atoms with Crippen molar-refractivity contribution >= 4 is 39.8 Å². The van der Waals surface area contributed by atoms with Gasteiger partial charge in [-0.1, -0.05) is 23.7 Å². The first-order chi connectivity index (χ1) is 7.58. The number of thiazole rings is 1. The number of carbonyl (C=O) groups is 1. The molecule has 0 aliphatic rings. The van der Waals surface area contributed by atoms with Gasteiger partial charge in [0.25, 0.3) is 5.24 Å². The monoisotopic (exact) mass is 271 g/mol. The number of hydrogen-bond donors (Lipinski definition) is 0. The zero-order valence-corrected chi connectivity index (χ0v) is 10.7. The summed E-state index contributed by atoms with van der Waals surface area (Å²) in [6.45, 7) is 1.92. The van der Waals surface area contributed by atoms with Crippen molar-refractivity contribution in [3.8, 4) is 10.6 Å². The highest BCUT2D eigenvalue weighted by atomic mass is 35.5. The number of hydrogen-bond acceptors (Lipinski definition) is 3. The summed E-state index contributed by atoms with van der Waals surface area (Å²) in [5.41, 5.74) is 1.41. The third-order valence-electron chi connectivity index (χ3n) is 2.10. The highest BCUT2D eigenvalue weighted by Crippen LogP contribution is 2.30. The molecule has 0 saturated carbocycles. The first-order valence-corrected chi connectivity index (χ1v) is 6.08. The van der Waals surface area contributed by atoms with Crippen LogP contribution in [0, 0.1) is 6.92 Å². The fourth-order valence-electron chi connectivity index (χ4n) is 1.25. The Hall–Kier alpha value is -0.900. The van der Waals surface area contributed by atoms with Crippen molar-refractivity contribution in [1.82, 2.24) is 4.98 Å². The molecule has 0 aliphatic heterocycles. The smallest absolute Gasteiger partial charge is 0.252 e. The molecule has 2 nitrogen and oxygen atoms in total. The van der Waals surface area contributed by atoms with E-state index in [1.807, 2.05) is 19.1 Å². The lowest BCUT2D eigenvalue weighted by Crippen LogP contribution is -1.87. The highest BCUT2D eigenvalue weighted by Gasteiger charge is 2.08. The Bertz CT molecular complexity index is 514. The summed E-state index contributed by atoms with van der Waals surface area (Å²) in [6, 6.07) is 6.97. The third kappa shape index (κ3) is 2.26. The minimum atomic E-state index is -0.458. The van der Waals surface area contributed by atoms with E-state index in [0.29, 0.717) is 10.7 Å². The Labute approximate surface area is 107 Å². The Morgan fingerprint density at radius 3 is 2.38 bits per heavy atom. The summed E-state index contributed by atoms with van der Waals surface area (Å²) in [4.78, 5) is 16.1. The van der Waals surface area contributed by atoms with Crippen molar-refractivity contribution in [2.75, 3.05) is 0 Å². The normalized spacial score (nSPS) is 10.4. The lowest BCUT2D eigenvalue weighted by Gasteiger charge is -1.97. The van der Waals surface area contributed by atoms with Crippen LogP contribution in [0.15, 0.2) is 24.3 Å². The molecule has 0 amide bonds. The van der Waals surface area contributed by atoms with Crippen LogP contribution in [0.25, 0.3) is 10.6 Å². The Balaban J connectivity index is 2.38. The summed E-state index contributed by atoms with van der Waals surface area (Å²) < 4.78 is 0. The molecule has 0 unspecified atom stereocenters. The van der Waals surface area contributed by atoms with Crippen molar-refractivity contribution in [3.05, 3.63) is 39.9 Å². The summed E-state index contributed by atoms with van der Waals surface area (Å²) >= 11 is 12.8. The lowest BCUT2D eigenvalue weighted by molar-refractivity contribution is 0.108. The number of nitrogens with zero attached hydrogens (tertiary/aromatic N) is 1. The zero-order chi connectivity index (χ0) is 11.7. The molecule has 0 saturated heterocycles. The van der Waals surface area contributed by atoms with Gasteiger partial charge in [-0.05, 0) is 30.7 Å². The minimum Gasteiger partial charge on any atom is -0.276 e. The van der Waals surface area contributed by atoms with Gasteiger partial charge < -0.3 is 0 Å². The Morgan fingerprint density at radius 1 is 1.31 bits per heavy atom. The van der Waals surface area contributed by atoms with Gasteiger partial charge in [-0.15, -0.1) is 11.3 Å². The van der Waals surface area contributed by atoms with Gasteiger partial charge in [0.2, 0.25) is 0 Å². The van der Waals surface area contributed by atoms with E-state index in [-0.39, 0.29) is 0 Å². The molecular weight excluding hydrogens is 265 g/mol. The number of halogens is 2. The van der Waals surface area contributed by atoms with E-state index < -0.39 is 5.24 Å². The molecule has 16 heavy (non-hydrogen) atoms. The lowest BCUT2D eigenvalue weighted by atomic mass is 10.1. The maximum Gasteiger partial charge on any atom is 0.252 e. The number of rotatable bonds is 2. The molecule has 0 spiro atoms. The SMILES string of the molecule is Cc1sc(-c2ccc(C(=O)Cl)cc2)nc1Cl. The van der Waals surface area contributed by atoms with Crippen LogP contribution >= 0.6 is 34.5 Å². The van der Waals surface area contributed by atoms with E-state index in [1.165, 1.54) is 11.3 Å². The molecule has 5 heteroatoms. The number of aryl methyl sites for hydroxylation is 1. The zero-order valence-electron chi connectivity index (χ0n) is 8.33. The van der Waals surface area contributed by atoms with Gasteiger partial charge in [-0.25, -0.2) is 4.98 Å². The molecule has 0 bridgehead atoms. The first kappa shape index (κ1) is 11.6. The van der Waals surface area contributed by atoms with Crippen LogP contribution in [0.1, 0.15) is 15.2 Å². The van der Waals surface area contributed by atoms with Crippen LogP contribution in [0.4, 0.5) is 0 Å². The van der Waals surface area contributed by atoms with E-state index in [1.54, 1.807) is 12.1 Å². The Morgan fingerprint density at radius 2 is 1.94 bits per heavy atom. The van der Waals surface area contributed by atoms with Gasteiger partial charge in [0.1, 0.15) is 10.2 Å². The van der Waals surface area contributed by atoms with Gasteiger partial charge in [0.15, 0.2) is 0 Å². The van der Waals surface area contributed by atoms with E-state index in [0.717, 1.165) is 15.4 Å². The van der Waals surface area contributed by atoms with Crippen LogP contribution in [0.5, 0.6) is 0 Å². The fourth-order valence-corrected chi connectivity index (χ4v) is 2.43. The van der Waals surface area contributed by atoms with Crippen molar-refractivity contribution < 1.29 is 4.79 Å². The number of aromatic nitrogens is 1. The standard InChI is InChI=1S/C11H7Cl2NOS/c1-6-9(12)14-11(16-6)8-4-2-7(3-5-8)10(13)15/h2-5H,1H3. The van der Waals surface area contributed by atoms with Crippen LogP contribution in [-0.2, 0) is 0 Å². The van der Waals surface area contributed by atoms with E-state index in [9.17, 15) is 4.79 Å². The second kappa shape index (κ2) is 4.53. The average Bonchev–Trinajstić information content (AvgIpc) is 2.59. The molecular formula is C11H7Cl2NOS. The molecule has 2 aromatic rings. The molecule has 82 valence electrons. The first-order valence-electron chi connectivity index (χ1n) is 4.51. The quantitative estimate of drug-likeness (QED) is 0.768. The van der Waals surface area contributed by atoms with Gasteiger partial charge in [0, 0.05) is 16.0 Å². The minimum absolute atomic E-state index is 0.458. The highest BCUT2D eigenvalue weighted by molar-refractivity contribution is 7.15. The maximum absolute atomic E-state index is 10.9. The summed E-state index contributed by atoms with van der Waals surface area (Å²) in [7, 11) is 0. The van der Waals surface area contributed by atoms with Gasteiger partial charge in [0.05, 0.1) is 0 Å². The summed E-state index contributed by atoms with van der Waals surface area (Å²) in [5.74, 6) is 0. The van der Waals surface area contributed by atoms with Crippen LogP contribution in [0.3, 0.4) is 0 Å². The molecule has 1 heterocycles. The fraction of sp³-hybridized carbons (Fsp3) is 0.0909. The summed E-state index contributed by atoms with van der Waals surface area (Å²) in [5, 5.41) is 0.911. The second-order valence-electron chi connectivity index (χ2n) is 3.22. The molecule has 0 N–H and O–H groups in total. The maximum atomic E-state index is 10.9. The topological polar surface area (TPSA) is 30.0 Å². The molecule has 1 aromatic carbocycles. The van der Waals surface area contributed by atoms with Crippen molar-refractivity contribution in [1.29, 1.82) is 0 Å². The Kier molecular flexibility index (Phi) is 3.28. The number of carbonyl (C=O) groups excluding carboxylic acids is 1. The van der Waals surface area contributed by atoms with Crippen LogP contribution in [0.2, 0.25) is 5.15 Å². The summed E-state index contributed by atoms with van der Waals surface area (Å²) in [6.07, 6.45) is 0. The van der Waals surface area contributed by atoms with Crippen molar-refractivity contribution in [2.45, 2.75) is 6.92 Å². The molecule has 1 aromatic heterocycles. The molecule has 0 radical (unpaired) electrons. The van der Waals surface area contributed by atoms with Crippen LogP contribution in [-0.4, -0.2) is 10.2 Å². The van der Waals surface area contributed by atoms with Crippen molar-refractivity contribution in [3.63, 3.8) is 0 Å². The van der Waals surface area contributed by atoms with Gasteiger partial charge in [-0.2, -0.15) is 0 Å². The molecule has 0 atom stereocenters. The van der Waals surface area contributed by atoms with E-state index in [2.05, 4.69) is 4.98 Å². The van der Waals surface area contributed by atoms with Gasteiger partial charge in [-0.3, -0.25) is 4.79 Å². The molecule has 0 aliphatic carbocycles. The van der Waals surface area contributed by atoms with Gasteiger partial charge >= 0.3 is 0 Å². The number of benzene rings is 1. The molecule has 0 fully saturated rings. The largest absolute Gasteiger partial charge is 0.276 e. The molecule has 2 rings (SSSR count). The average molecular weight is 272 g/mol. The predicted molar refractivity (Wildman–Crippen MR) is 67.5 cm³/mol. The van der Waals surface area contributed by atoms with E-state index >= 15 is 0 Å². The second-order valence-corrected chi connectivity index (χ2v) is 5.12. The van der Waals surface area contributed by atoms with E-state index in [4.69, 9.17) is 23.2 Å². The third-order valence-corrected chi connectivity index (χ3v) is 3.82. The predicted octanol–water partition coefficient (Wildman–Crippen LogP) is 4.15.